The molecular formula is C19H30N4O2. The number of morpholine rings is 1. The Bertz CT molecular complexity index is 552. The van der Waals surface area contributed by atoms with Crippen LogP contribution >= 0.6 is 0 Å². The lowest BCUT2D eigenvalue weighted by molar-refractivity contribution is 0.123. The van der Waals surface area contributed by atoms with E-state index in [9.17, 15) is 4.79 Å². The van der Waals surface area contributed by atoms with Crippen molar-refractivity contribution >= 4 is 17.4 Å². The molecule has 138 valence electrons. The van der Waals surface area contributed by atoms with E-state index in [1.807, 2.05) is 23.1 Å². The number of carbonyl (C=O) groups excluding carboxylic acids is 1. The van der Waals surface area contributed by atoms with Gasteiger partial charge in [-0.25, -0.2) is 4.79 Å². The molecule has 0 bridgehead atoms. The predicted octanol–water partition coefficient (Wildman–Crippen LogP) is 2.47. The first kappa shape index (κ1) is 18.0. The van der Waals surface area contributed by atoms with E-state index >= 15 is 0 Å². The number of rotatable bonds is 5. The summed E-state index contributed by atoms with van der Waals surface area (Å²) in [5, 5.41) is 3.12. The third-order valence-electron chi connectivity index (χ3n) is 4.98. The van der Waals surface area contributed by atoms with Crippen molar-refractivity contribution in [3.63, 3.8) is 0 Å². The van der Waals surface area contributed by atoms with Crippen LogP contribution in [0.4, 0.5) is 16.2 Å². The molecule has 2 amide bonds. The van der Waals surface area contributed by atoms with Crippen LogP contribution in [0, 0.1) is 0 Å². The summed E-state index contributed by atoms with van der Waals surface area (Å²) in [4.78, 5) is 19.3. The molecule has 3 rings (SSSR count). The van der Waals surface area contributed by atoms with Crippen LogP contribution in [-0.4, -0.2) is 74.9 Å². The molecule has 2 fully saturated rings. The van der Waals surface area contributed by atoms with Crippen molar-refractivity contribution in [1.82, 2.24) is 9.80 Å². The van der Waals surface area contributed by atoms with Gasteiger partial charge < -0.3 is 19.9 Å². The molecule has 25 heavy (non-hydrogen) atoms. The third kappa shape index (κ3) is 4.86. The molecule has 2 aliphatic heterocycles. The molecule has 1 aromatic carbocycles. The van der Waals surface area contributed by atoms with Gasteiger partial charge in [0.25, 0.3) is 0 Å². The first-order valence-electron chi connectivity index (χ1n) is 9.48. The molecule has 0 saturated carbocycles. The lowest BCUT2D eigenvalue weighted by Crippen LogP contribution is -2.50. The van der Waals surface area contributed by atoms with Gasteiger partial charge in [0.15, 0.2) is 0 Å². The molecular weight excluding hydrogens is 316 g/mol. The Kier molecular flexibility index (Phi) is 6.53. The van der Waals surface area contributed by atoms with E-state index in [4.69, 9.17) is 4.74 Å². The summed E-state index contributed by atoms with van der Waals surface area (Å²) in [5.41, 5.74) is 1.98. The minimum Gasteiger partial charge on any atom is -0.378 e. The number of nitrogens with one attached hydrogen (secondary N) is 1. The van der Waals surface area contributed by atoms with Crippen LogP contribution < -0.4 is 10.2 Å². The molecule has 0 spiro atoms. The van der Waals surface area contributed by atoms with E-state index in [1.54, 1.807) is 0 Å². The molecule has 2 saturated heterocycles. The Morgan fingerprint density at radius 2 is 1.80 bits per heavy atom. The number of unbranched alkanes of at least 4 members (excludes halogenated alkanes) is 1. The minimum absolute atomic E-state index is 0.0100. The predicted molar refractivity (Wildman–Crippen MR) is 101 cm³/mol. The number of nitrogens with zero attached hydrogens (tertiary/aromatic N) is 3. The van der Waals surface area contributed by atoms with Crippen molar-refractivity contribution in [1.29, 1.82) is 0 Å². The lowest BCUT2D eigenvalue weighted by atomic mass is 10.2. The van der Waals surface area contributed by atoms with Gasteiger partial charge in [-0.2, -0.15) is 0 Å². The number of para-hydroxylation sites is 2. The Labute approximate surface area is 150 Å². The second kappa shape index (κ2) is 9.06. The lowest BCUT2D eigenvalue weighted by Gasteiger charge is -2.35. The Morgan fingerprint density at radius 3 is 2.52 bits per heavy atom. The molecule has 1 N–H and O–H groups in total. The maximum atomic E-state index is 12.7. The average molecular weight is 346 g/mol. The van der Waals surface area contributed by atoms with E-state index < -0.39 is 0 Å². The fourth-order valence-electron chi connectivity index (χ4n) is 3.41. The van der Waals surface area contributed by atoms with Crippen LogP contribution in [0.25, 0.3) is 0 Å². The fraction of sp³-hybridized carbons (Fsp3) is 0.632. The van der Waals surface area contributed by atoms with E-state index in [2.05, 4.69) is 28.1 Å². The van der Waals surface area contributed by atoms with Crippen LogP contribution in [0.3, 0.4) is 0 Å². The quantitative estimate of drug-likeness (QED) is 0.890. The standard InChI is InChI=1S/C19H30N4O2/c1-2-3-8-21-9-11-23(12-10-21)19(24)20-17-6-4-5-7-18(17)22-13-15-25-16-14-22/h4-7H,2-3,8-16H2,1H3,(H,20,24). The number of ether oxygens (including phenoxy) is 1. The zero-order chi connectivity index (χ0) is 17.5. The van der Waals surface area contributed by atoms with Gasteiger partial charge in [0.05, 0.1) is 24.6 Å². The molecule has 0 aliphatic carbocycles. The summed E-state index contributed by atoms with van der Waals surface area (Å²) in [7, 11) is 0. The Morgan fingerprint density at radius 1 is 1.08 bits per heavy atom. The minimum atomic E-state index is 0.0100. The van der Waals surface area contributed by atoms with Crippen molar-refractivity contribution in [3.05, 3.63) is 24.3 Å². The number of hydrogen-bond donors (Lipinski definition) is 1. The van der Waals surface area contributed by atoms with Crippen LogP contribution in [0.1, 0.15) is 19.8 Å². The fourth-order valence-corrected chi connectivity index (χ4v) is 3.41. The number of urea groups is 1. The number of hydrogen-bond acceptors (Lipinski definition) is 4. The monoisotopic (exact) mass is 346 g/mol. The zero-order valence-electron chi connectivity index (χ0n) is 15.2. The van der Waals surface area contributed by atoms with Crippen molar-refractivity contribution in [2.75, 3.05) is 69.2 Å². The van der Waals surface area contributed by atoms with Gasteiger partial charge >= 0.3 is 6.03 Å². The molecule has 1 aromatic rings. The molecule has 2 aliphatic rings. The van der Waals surface area contributed by atoms with Gasteiger partial charge in [-0.3, -0.25) is 4.90 Å². The van der Waals surface area contributed by atoms with Crippen LogP contribution in [-0.2, 0) is 4.74 Å². The molecule has 0 radical (unpaired) electrons. The molecule has 0 atom stereocenters. The van der Waals surface area contributed by atoms with Crippen molar-refractivity contribution < 1.29 is 9.53 Å². The molecule has 6 heteroatoms. The summed E-state index contributed by atoms with van der Waals surface area (Å²) >= 11 is 0. The summed E-state index contributed by atoms with van der Waals surface area (Å²) in [6.07, 6.45) is 2.46. The van der Waals surface area contributed by atoms with Gasteiger partial charge in [0.1, 0.15) is 0 Å². The first-order chi connectivity index (χ1) is 12.3. The van der Waals surface area contributed by atoms with Gasteiger partial charge in [-0.05, 0) is 25.1 Å². The number of benzene rings is 1. The van der Waals surface area contributed by atoms with Gasteiger partial charge in [0, 0.05) is 39.3 Å². The second-order valence-electron chi connectivity index (χ2n) is 6.73. The molecule has 0 unspecified atom stereocenters. The SMILES string of the molecule is CCCCN1CCN(C(=O)Nc2ccccc2N2CCOCC2)CC1. The second-order valence-corrected chi connectivity index (χ2v) is 6.73. The van der Waals surface area contributed by atoms with E-state index in [1.165, 1.54) is 12.8 Å². The van der Waals surface area contributed by atoms with Gasteiger partial charge in [0.2, 0.25) is 0 Å². The zero-order valence-corrected chi connectivity index (χ0v) is 15.2. The molecule has 6 nitrogen and oxygen atoms in total. The number of anilines is 2. The highest BCUT2D eigenvalue weighted by molar-refractivity contribution is 5.93. The Balaban J connectivity index is 1.56. The molecule has 0 aromatic heterocycles. The maximum absolute atomic E-state index is 12.7. The summed E-state index contributed by atoms with van der Waals surface area (Å²) in [6, 6.07) is 8.06. The van der Waals surface area contributed by atoms with Gasteiger partial charge in [-0.15, -0.1) is 0 Å². The number of carbonyl (C=O) groups is 1. The van der Waals surface area contributed by atoms with Gasteiger partial charge in [-0.1, -0.05) is 25.5 Å². The van der Waals surface area contributed by atoms with E-state index in [0.717, 1.165) is 70.4 Å². The topological polar surface area (TPSA) is 48.0 Å². The van der Waals surface area contributed by atoms with Crippen molar-refractivity contribution in [2.24, 2.45) is 0 Å². The van der Waals surface area contributed by atoms with Crippen LogP contribution in [0.15, 0.2) is 24.3 Å². The highest BCUT2D eigenvalue weighted by Gasteiger charge is 2.22. The highest BCUT2D eigenvalue weighted by Crippen LogP contribution is 2.26. The largest absolute Gasteiger partial charge is 0.378 e. The molecule has 2 heterocycles. The van der Waals surface area contributed by atoms with E-state index in [-0.39, 0.29) is 6.03 Å². The third-order valence-corrected chi connectivity index (χ3v) is 4.98. The van der Waals surface area contributed by atoms with Crippen LogP contribution in [0.5, 0.6) is 0 Å². The van der Waals surface area contributed by atoms with Crippen LogP contribution in [0.2, 0.25) is 0 Å². The average Bonchev–Trinajstić information content (AvgIpc) is 2.68. The summed E-state index contributed by atoms with van der Waals surface area (Å²) in [5.74, 6) is 0. The van der Waals surface area contributed by atoms with Crippen molar-refractivity contribution in [3.8, 4) is 0 Å². The highest BCUT2D eigenvalue weighted by atomic mass is 16.5. The number of amides is 2. The summed E-state index contributed by atoms with van der Waals surface area (Å²) in [6.45, 7) is 10.1. The smallest absolute Gasteiger partial charge is 0.321 e. The maximum Gasteiger partial charge on any atom is 0.321 e. The van der Waals surface area contributed by atoms with Crippen molar-refractivity contribution in [2.45, 2.75) is 19.8 Å². The first-order valence-corrected chi connectivity index (χ1v) is 9.48. The summed E-state index contributed by atoms with van der Waals surface area (Å²) < 4.78 is 5.43. The van der Waals surface area contributed by atoms with E-state index in [0.29, 0.717) is 0 Å². The Hall–Kier alpha value is -1.79. The number of piperazine rings is 1. The normalized spacial score (nSPS) is 19.1.